The highest BCUT2D eigenvalue weighted by Crippen LogP contribution is 2.30. The number of methoxy groups -OCH3 is 2. The van der Waals surface area contributed by atoms with Gasteiger partial charge in [-0.05, 0) is 29.8 Å². The molecule has 1 unspecified atom stereocenters. The molecular formula is C17H22N2O2. The first-order chi connectivity index (χ1) is 10.2. The van der Waals surface area contributed by atoms with E-state index in [1.54, 1.807) is 14.2 Å². The van der Waals surface area contributed by atoms with Crippen LogP contribution in [-0.2, 0) is 0 Å². The number of hydrogen-bond donors (Lipinski definition) is 1. The zero-order chi connectivity index (χ0) is 15.2. The second-order valence-electron chi connectivity index (χ2n) is 4.84. The molecule has 4 nitrogen and oxygen atoms in total. The van der Waals surface area contributed by atoms with Crippen molar-refractivity contribution in [2.45, 2.75) is 6.04 Å². The Morgan fingerprint density at radius 3 is 2.05 bits per heavy atom. The lowest BCUT2D eigenvalue weighted by atomic mass is 10.0. The molecule has 4 heteroatoms. The minimum absolute atomic E-state index is 0.0522. The molecule has 0 radical (unpaired) electrons. The normalized spacial score (nSPS) is 11.8. The molecule has 0 saturated carbocycles. The number of nitrogens with two attached hydrogens (primary N) is 1. The van der Waals surface area contributed by atoms with Gasteiger partial charge >= 0.3 is 0 Å². The van der Waals surface area contributed by atoms with Crippen molar-refractivity contribution in [3.63, 3.8) is 0 Å². The van der Waals surface area contributed by atoms with Crippen molar-refractivity contribution in [2.24, 2.45) is 5.73 Å². The van der Waals surface area contributed by atoms with Crippen molar-refractivity contribution in [1.82, 2.24) is 0 Å². The van der Waals surface area contributed by atoms with E-state index >= 15 is 0 Å². The molecule has 112 valence electrons. The first-order valence-electron chi connectivity index (χ1n) is 6.90. The van der Waals surface area contributed by atoms with Crippen LogP contribution in [0.1, 0.15) is 11.6 Å². The molecule has 21 heavy (non-hydrogen) atoms. The Labute approximate surface area is 126 Å². The summed E-state index contributed by atoms with van der Waals surface area (Å²) in [5, 5.41) is 0. The Morgan fingerprint density at radius 1 is 1.00 bits per heavy atom. The Hall–Kier alpha value is -2.20. The van der Waals surface area contributed by atoms with E-state index in [2.05, 4.69) is 17.0 Å². The molecule has 0 aliphatic carbocycles. The summed E-state index contributed by atoms with van der Waals surface area (Å²) in [6.45, 7) is 0.502. The van der Waals surface area contributed by atoms with Crippen LogP contribution in [0.3, 0.4) is 0 Å². The van der Waals surface area contributed by atoms with Crippen LogP contribution < -0.4 is 20.1 Å². The van der Waals surface area contributed by atoms with E-state index in [9.17, 15) is 0 Å². The van der Waals surface area contributed by atoms with Gasteiger partial charge in [-0.1, -0.05) is 18.2 Å². The zero-order valence-corrected chi connectivity index (χ0v) is 12.7. The van der Waals surface area contributed by atoms with Gasteiger partial charge in [0.1, 0.15) is 11.5 Å². The molecule has 0 bridgehead atoms. The van der Waals surface area contributed by atoms with Gasteiger partial charge in [0.15, 0.2) is 0 Å². The highest BCUT2D eigenvalue weighted by atomic mass is 16.5. The van der Waals surface area contributed by atoms with Crippen LogP contribution in [0.25, 0.3) is 0 Å². The van der Waals surface area contributed by atoms with Crippen LogP contribution in [0.15, 0.2) is 48.5 Å². The summed E-state index contributed by atoms with van der Waals surface area (Å²) >= 11 is 0. The van der Waals surface area contributed by atoms with Crippen LogP contribution in [0, 0.1) is 0 Å². The Kier molecular flexibility index (Phi) is 5.06. The van der Waals surface area contributed by atoms with Crippen molar-refractivity contribution in [3.05, 3.63) is 54.1 Å². The molecule has 0 spiro atoms. The molecule has 0 heterocycles. The molecule has 0 aliphatic heterocycles. The van der Waals surface area contributed by atoms with Crippen molar-refractivity contribution in [1.29, 1.82) is 0 Å². The van der Waals surface area contributed by atoms with E-state index in [-0.39, 0.29) is 6.04 Å². The van der Waals surface area contributed by atoms with Crippen molar-refractivity contribution < 1.29 is 9.47 Å². The first kappa shape index (κ1) is 15.2. The van der Waals surface area contributed by atoms with Crippen molar-refractivity contribution >= 4 is 5.69 Å². The van der Waals surface area contributed by atoms with Gasteiger partial charge in [0.2, 0.25) is 0 Å². The van der Waals surface area contributed by atoms with E-state index in [4.69, 9.17) is 15.2 Å². The fourth-order valence-electron chi connectivity index (χ4n) is 2.38. The van der Waals surface area contributed by atoms with Crippen LogP contribution in [0.2, 0.25) is 0 Å². The van der Waals surface area contributed by atoms with Crippen molar-refractivity contribution in [3.8, 4) is 11.5 Å². The predicted octanol–water partition coefficient (Wildman–Crippen LogP) is 2.84. The van der Waals surface area contributed by atoms with Gasteiger partial charge in [-0.25, -0.2) is 0 Å². The number of anilines is 1. The fraction of sp³-hybridized carbons (Fsp3) is 0.294. The largest absolute Gasteiger partial charge is 0.497 e. The molecule has 0 saturated heterocycles. The zero-order valence-electron chi connectivity index (χ0n) is 12.7. The molecule has 0 aromatic heterocycles. The van der Waals surface area contributed by atoms with Crippen molar-refractivity contribution in [2.75, 3.05) is 32.7 Å². The third kappa shape index (κ3) is 3.47. The maximum atomic E-state index is 6.00. The highest BCUT2D eigenvalue weighted by Gasteiger charge is 2.17. The summed E-state index contributed by atoms with van der Waals surface area (Å²) in [7, 11) is 5.34. The Bertz CT molecular complexity index is 550. The van der Waals surface area contributed by atoms with Crippen LogP contribution in [0.5, 0.6) is 11.5 Å². The number of hydrogen-bond acceptors (Lipinski definition) is 4. The maximum absolute atomic E-state index is 6.00. The lowest BCUT2D eigenvalue weighted by molar-refractivity contribution is 0.392. The molecule has 0 aliphatic rings. The molecular weight excluding hydrogens is 264 g/mol. The summed E-state index contributed by atoms with van der Waals surface area (Å²) in [5.74, 6) is 1.54. The third-order valence-corrected chi connectivity index (χ3v) is 3.61. The van der Waals surface area contributed by atoms with E-state index in [1.165, 1.54) is 0 Å². The predicted molar refractivity (Wildman–Crippen MR) is 86.2 cm³/mol. The van der Waals surface area contributed by atoms with Gasteiger partial charge < -0.3 is 20.1 Å². The molecule has 0 fully saturated rings. The summed E-state index contributed by atoms with van der Waals surface area (Å²) < 4.78 is 10.7. The molecule has 2 aromatic carbocycles. The number of para-hydroxylation sites is 1. The molecule has 2 aromatic rings. The fourth-order valence-corrected chi connectivity index (χ4v) is 2.38. The third-order valence-electron chi connectivity index (χ3n) is 3.61. The smallest absolute Gasteiger partial charge is 0.122 e. The monoisotopic (exact) mass is 286 g/mol. The molecule has 2 N–H and O–H groups in total. The minimum Gasteiger partial charge on any atom is -0.497 e. The Morgan fingerprint density at radius 2 is 1.57 bits per heavy atom. The molecule has 1 atom stereocenters. The van der Waals surface area contributed by atoms with E-state index < -0.39 is 0 Å². The topological polar surface area (TPSA) is 47.7 Å². The summed E-state index contributed by atoms with van der Waals surface area (Å²) in [6, 6.07) is 16.1. The molecule has 0 amide bonds. The average molecular weight is 286 g/mol. The second kappa shape index (κ2) is 6.99. The van der Waals surface area contributed by atoms with Gasteiger partial charge in [-0.2, -0.15) is 0 Å². The van der Waals surface area contributed by atoms with E-state index in [0.717, 1.165) is 22.7 Å². The Balaban J connectivity index is 2.36. The van der Waals surface area contributed by atoms with Crippen LogP contribution in [0.4, 0.5) is 5.69 Å². The number of benzene rings is 2. The standard InChI is InChI=1S/C17H22N2O2/c1-19(14-7-5-4-6-8-14)17(12-18)13-9-15(20-2)11-16(10-13)21-3/h4-11,17H,12,18H2,1-3H3. The maximum Gasteiger partial charge on any atom is 0.122 e. The van der Waals surface area contributed by atoms with Gasteiger partial charge in [0.05, 0.1) is 20.3 Å². The van der Waals surface area contributed by atoms with Gasteiger partial charge in [-0.15, -0.1) is 0 Å². The minimum atomic E-state index is 0.0522. The SMILES string of the molecule is COc1cc(OC)cc(C(CN)N(C)c2ccccc2)c1. The van der Waals surface area contributed by atoms with E-state index in [1.807, 2.05) is 43.4 Å². The number of ether oxygens (including phenoxy) is 2. The first-order valence-corrected chi connectivity index (χ1v) is 6.90. The van der Waals surface area contributed by atoms with Gasteiger partial charge in [-0.3, -0.25) is 0 Å². The number of nitrogens with zero attached hydrogens (tertiary/aromatic N) is 1. The quantitative estimate of drug-likeness (QED) is 0.887. The van der Waals surface area contributed by atoms with Gasteiger partial charge in [0, 0.05) is 25.3 Å². The summed E-state index contributed by atoms with van der Waals surface area (Å²) in [5.41, 5.74) is 8.19. The van der Waals surface area contributed by atoms with Gasteiger partial charge in [0.25, 0.3) is 0 Å². The lowest BCUT2D eigenvalue weighted by Gasteiger charge is -2.30. The average Bonchev–Trinajstić information content (AvgIpc) is 2.55. The summed E-state index contributed by atoms with van der Waals surface area (Å²) in [4.78, 5) is 2.16. The number of likely N-dealkylation sites (N-methyl/N-ethyl adjacent to an activating group) is 1. The van der Waals surface area contributed by atoms with Crippen LogP contribution >= 0.6 is 0 Å². The molecule has 2 rings (SSSR count). The van der Waals surface area contributed by atoms with Crippen LogP contribution in [-0.4, -0.2) is 27.8 Å². The highest BCUT2D eigenvalue weighted by molar-refractivity contribution is 5.50. The second-order valence-corrected chi connectivity index (χ2v) is 4.84. The lowest BCUT2D eigenvalue weighted by Crippen LogP contribution is -2.30. The summed E-state index contributed by atoms with van der Waals surface area (Å²) in [6.07, 6.45) is 0. The number of rotatable bonds is 6. The van der Waals surface area contributed by atoms with E-state index in [0.29, 0.717) is 6.54 Å².